The third-order valence-electron chi connectivity index (χ3n) is 4.22. The summed E-state index contributed by atoms with van der Waals surface area (Å²) in [7, 11) is 0. The molecule has 1 aromatic carbocycles. The summed E-state index contributed by atoms with van der Waals surface area (Å²) in [4.78, 5) is 14.5. The van der Waals surface area contributed by atoms with Crippen LogP contribution >= 0.6 is 0 Å². The Hall–Kier alpha value is -1.55. The standard InChI is InChI=1S/C16H23N3O/c20-16(12-13-6-5-9-17-13)18-14-7-1-2-8-15(14)19-10-3-4-11-19/h1-2,7-8,13,17H,3-6,9-12H2,(H,18,20). The van der Waals surface area contributed by atoms with Gasteiger partial charge in [0.05, 0.1) is 11.4 Å². The molecule has 4 heteroatoms. The molecule has 4 nitrogen and oxygen atoms in total. The Morgan fingerprint density at radius 3 is 2.80 bits per heavy atom. The molecule has 0 saturated carbocycles. The summed E-state index contributed by atoms with van der Waals surface area (Å²) in [5.74, 6) is 0.121. The van der Waals surface area contributed by atoms with Crippen LogP contribution in [0.5, 0.6) is 0 Å². The largest absolute Gasteiger partial charge is 0.370 e. The number of benzene rings is 1. The van der Waals surface area contributed by atoms with Crippen LogP contribution in [0.1, 0.15) is 32.1 Å². The molecule has 0 spiro atoms. The van der Waals surface area contributed by atoms with E-state index in [1.54, 1.807) is 0 Å². The van der Waals surface area contributed by atoms with Gasteiger partial charge in [-0.05, 0) is 44.4 Å². The number of anilines is 2. The molecule has 1 atom stereocenters. The lowest BCUT2D eigenvalue weighted by molar-refractivity contribution is -0.116. The maximum absolute atomic E-state index is 12.2. The first-order valence-corrected chi connectivity index (χ1v) is 7.70. The lowest BCUT2D eigenvalue weighted by Gasteiger charge is -2.21. The van der Waals surface area contributed by atoms with Crippen molar-refractivity contribution in [2.75, 3.05) is 29.9 Å². The van der Waals surface area contributed by atoms with Gasteiger partial charge in [0, 0.05) is 25.6 Å². The van der Waals surface area contributed by atoms with Crippen LogP contribution in [0.3, 0.4) is 0 Å². The summed E-state index contributed by atoms with van der Waals surface area (Å²) in [6.07, 6.45) is 5.36. The smallest absolute Gasteiger partial charge is 0.225 e. The number of nitrogens with one attached hydrogen (secondary N) is 2. The molecule has 1 unspecified atom stereocenters. The average Bonchev–Trinajstić information content (AvgIpc) is 3.11. The van der Waals surface area contributed by atoms with Crippen LogP contribution in [0.4, 0.5) is 11.4 Å². The van der Waals surface area contributed by atoms with Gasteiger partial charge in [-0.25, -0.2) is 0 Å². The predicted molar refractivity (Wildman–Crippen MR) is 82.2 cm³/mol. The highest BCUT2D eigenvalue weighted by Crippen LogP contribution is 2.28. The fourth-order valence-corrected chi connectivity index (χ4v) is 3.17. The molecular weight excluding hydrogens is 250 g/mol. The second-order valence-corrected chi connectivity index (χ2v) is 5.76. The zero-order valence-electron chi connectivity index (χ0n) is 11.9. The van der Waals surface area contributed by atoms with Gasteiger partial charge < -0.3 is 15.5 Å². The van der Waals surface area contributed by atoms with E-state index in [0.29, 0.717) is 12.5 Å². The van der Waals surface area contributed by atoms with Crippen molar-refractivity contribution in [3.8, 4) is 0 Å². The molecule has 0 aromatic heterocycles. The van der Waals surface area contributed by atoms with E-state index in [2.05, 4.69) is 21.6 Å². The van der Waals surface area contributed by atoms with Gasteiger partial charge in [0.25, 0.3) is 0 Å². The summed E-state index contributed by atoms with van der Waals surface area (Å²) in [6, 6.07) is 8.50. The van der Waals surface area contributed by atoms with Crippen molar-refractivity contribution in [3.05, 3.63) is 24.3 Å². The fraction of sp³-hybridized carbons (Fsp3) is 0.562. The van der Waals surface area contributed by atoms with E-state index in [4.69, 9.17) is 0 Å². The molecule has 2 saturated heterocycles. The van der Waals surface area contributed by atoms with E-state index in [-0.39, 0.29) is 5.91 Å². The topological polar surface area (TPSA) is 44.4 Å². The minimum atomic E-state index is 0.121. The summed E-state index contributed by atoms with van der Waals surface area (Å²) < 4.78 is 0. The Bertz CT molecular complexity index is 463. The number of nitrogens with zero attached hydrogens (tertiary/aromatic N) is 1. The van der Waals surface area contributed by atoms with Crippen LogP contribution in [0.2, 0.25) is 0 Å². The molecule has 1 aromatic rings. The molecule has 3 rings (SSSR count). The molecule has 2 aliphatic heterocycles. The van der Waals surface area contributed by atoms with Crippen molar-refractivity contribution in [1.29, 1.82) is 0 Å². The lowest BCUT2D eigenvalue weighted by Crippen LogP contribution is -2.28. The number of rotatable bonds is 4. The summed E-state index contributed by atoms with van der Waals surface area (Å²) >= 11 is 0. The summed E-state index contributed by atoms with van der Waals surface area (Å²) in [5.41, 5.74) is 2.12. The summed E-state index contributed by atoms with van der Waals surface area (Å²) in [5, 5.41) is 6.47. The van der Waals surface area contributed by atoms with Crippen LogP contribution in [0.25, 0.3) is 0 Å². The maximum Gasteiger partial charge on any atom is 0.225 e. The number of para-hydroxylation sites is 2. The van der Waals surface area contributed by atoms with Crippen LogP contribution in [0, 0.1) is 0 Å². The van der Waals surface area contributed by atoms with Crippen LogP contribution in [-0.4, -0.2) is 31.6 Å². The molecule has 2 heterocycles. The van der Waals surface area contributed by atoms with Crippen molar-refractivity contribution < 1.29 is 4.79 Å². The average molecular weight is 273 g/mol. The first-order chi connectivity index (χ1) is 9.83. The van der Waals surface area contributed by atoms with Gasteiger partial charge in [0.15, 0.2) is 0 Å². The second kappa shape index (κ2) is 6.27. The zero-order chi connectivity index (χ0) is 13.8. The molecule has 2 fully saturated rings. The highest BCUT2D eigenvalue weighted by molar-refractivity contribution is 5.94. The van der Waals surface area contributed by atoms with Gasteiger partial charge in [0.2, 0.25) is 5.91 Å². The Labute approximate surface area is 120 Å². The van der Waals surface area contributed by atoms with E-state index >= 15 is 0 Å². The van der Waals surface area contributed by atoms with Gasteiger partial charge in [-0.15, -0.1) is 0 Å². The quantitative estimate of drug-likeness (QED) is 0.885. The highest BCUT2D eigenvalue weighted by Gasteiger charge is 2.20. The number of hydrogen-bond acceptors (Lipinski definition) is 3. The molecule has 2 aliphatic rings. The maximum atomic E-state index is 12.2. The van der Waals surface area contributed by atoms with E-state index in [1.165, 1.54) is 19.3 Å². The first kappa shape index (κ1) is 13.4. The van der Waals surface area contributed by atoms with Crippen molar-refractivity contribution >= 4 is 17.3 Å². The van der Waals surface area contributed by atoms with Gasteiger partial charge in [0.1, 0.15) is 0 Å². The van der Waals surface area contributed by atoms with Gasteiger partial charge in [-0.3, -0.25) is 4.79 Å². The molecular formula is C16H23N3O. The number of carbonyl (C=O) groups is 1. The molecule has 20 heavy (non-hydrogen) atoms. The summed E-state index contributed by atoms with van der Waals surface area (Å²) in [6.45, 7) is 3.23. The van der Waals surface area contributed by atoms with E-state index in [9.17, 15) is 4.79 Å². The van der Waals surface area contributed by atoms with Crippen molar-refractivity contribution in [2.45, 2.75) is 38.1 Å². The van der Waals surface area contributed by atoms with Gasteiger partial charge in [-0.1, -0.05) is 12.1 Å². The third-order valence-corrected chi connectivity index (χ3v) is 4.22. The van der Waals surface area contributed by atoms with Gasteiger partial charge in [-0.2, -0.15) is 0 Å². The van der Waals surface area contributed by atoms with Crippen LogP contribution in [-0.2, 0) is 4.79 Å². The van der Waals surface area contributed by atoms with E-state index in [1.807, 2.05) is 18.2 Å². The first-order valence-electron chi connectivity index (χ1n) is 7.70. The molecule has 108 valence electrons. The monoisotopic (exact) mass is 273 g/mol. The lowest BCUT2D eigenvalue weighted by atomic mass is 10.1. The van der Waals surface area contributed by atoms with Crippen LogP contribution < -0.4 is 15.5 Å². The van der Waals surface area contributed by atoms with Gasteiger partial charge >= 0.3 is 0 Å². The minimum absolute atomic E-state index is 0.121. The molecule has 0 aliphatic carbocycles. The predicted octanol–water partition coefficient (Wildman–Crippen LogP) is 2.37. The van der Waals surface area contributed by atoms with E-state index in [0.717, 1.165) is 37.4 Å². The molecule has 0 radical (unpaired) electrons. The van der Waals surface area contributed by atoms with E-state index < -0.39 is 0 Å². The molecule has 2 N–H and O–H groups in total. The number of hydrogen-bond donors (Lipinski definition) is 2. The van der Waals surface area contributed by atoms with Crippen molar-refractivity contribution in [1.82, 2.24) is 5.32 Å². The Kier molecular flexibility index (Phi) is 4.21. The molecule has 1 amide bonds. The fourth-order valence-electron chi connectivity index (χ4n) is 3.17. The Morgan fingerprint density at radius 2 is 2.05 bits per heavy atom. The minimum Gasteiger partial charge on any atom is -0.370 e. The number of carbonyl (C=O) groups excluding carboxylic acids is 1. The third kappa shape index (κ3) is 3.12. The second-order valence-electron chi connectivity index (χ2n) is 5.76. The Morgan fingerprint density at radius 1 is 1.25 bits per heavy atom. The Balaban J connectivity index is 1.65. The SMILES string of the molecule is O=C(CC1CCCN1)Nc1ccccc1N1CCCC1. The number of amides is 1. The van der Waals surface area contributed by atoms with Crippen molar-refractivity contribution in [3.63, 3.8) is 0 Å². The molecule has 0 bridgehead atoms. The van der Waals surface area contributed by atoms with Crippen molar-refractivity contribution in [2.24, 2.45) is 0 Å². The zero-order valence-corrected chi connectivity index (χ0v) is 11.9. The normalized spacial score (nSPS) is 22.2. The van der Waals surface area contributed by atoms with Crippen LogP contribution in [0.15, 0.2) is 24.3 Å². The highest BCUT2D eigenvalue weighted by atomic mass is 16.1.